The van der Waals surface area contributed by atoms with E-state index in [4.69, 9.17) is 14.2 Å². The first kappa shape index (κ1) is 20.4. The van der Waals surface area contributed by atoms with Gasteiger partial charge in [-0.1, -0.05) is 6.07 Å². The van der Waals surface area contributed by atoms with Crippen molar-refractivity contribution in [2.75, 3.05) is 20.8 Å². The molecule has 2 aromatic carbocycles. The Labute approximate surface area is 171 Å². The lowest BCUT2D eigenvalue weighted by Gasteiger charge is -2.09. The van der Waals surface area contributed by atoms with Gasteiger partial charge in [-0.2, -0.15) is 0 Å². The summed E-state index contributed by atoms with van der Waals surface area (Å²) in [5, 5.41) is 0. The predicted molar refractivity (Wildman–Crippen MR) is 114 cm³/mol. The second-order valence-corrected chi connectivity index (χ2v) is 7.09. The van der Waals surface area contributed by atoms with Crippen LogP contribution in [-0.4, -0.2) is 31.6 Å². The van der Waals surface area contributed by atoms with Gasteiger partial charge in [-0.3, -0.25) is 9.59 Å². The van der Waals surface area contributed by atoms with Crippen LogP contribution in [0.3, 0.4) is 0 Å². The molecule has 0 unspecified atom stereocenters. The average Bonchev–Trinajstić information content (AvgIpc) is 3.07. The number of methoxy groups -OCH3 is 2. The Bertz CT molecular complexity index is 1180. The van der Waals surface area contributed by atoms with Gasteiger partial charge in [0.25, 0.3) is 5.56 Å². The van der Waals surface area contributed by atoms with E-state index in [1.165, 1.54) is 17.4 Å². The van der Waals surface area contributed by atoms with Crippen molar-refractivity contribution in [1.29, 1.82) is 0 Å². The third-order valence-electron chi connectivity index (χ3n) is 4.10. The molecule has 0 fully saturated rings. The first-order valence-electron chi connectivity index (χ1n) is 8.96. The lowest BCUT2D eigenvalue weighted by atomic mass is 10.1. The minimum atomic E-state index is -0.252. The molecule has 0 radical (unpaired) electrons. The van der Waals surface area contributed by atoms with Gasteiger partial charge in [-0.15, -0.1) is 11.3 Å². The number of aromatic amines is 1. The molecule has 0 saturated heterocycles. The second-order valence-electron chi connectivity index (χ2n) is 6.01. The van der Waals surface area contributed by atoms with Crippen molar-refractivity contribution in [3.8, 4) is 17.2 Å². The van der Waals surface area contributed by atoms with Crippen LogP contribution in [0.2, 0.25) is 0 Å². The maximum absolute atomic E-state index is 12.4. The molecule has 0 spiro atoms. The number of hydrogen-bond donors (Lipinski definition) is 1. The van der Waals surface area contributed by atoms with Gasteiger partial charge >= 0.3 is 0 Å². The van der Waals surface area contributed by atoms with Crippen LogP contribution < -0.4 is 29.0 Å². The van der Waals surface area contributed by atoms with Crippen LogP contribution in [-0.2, 0) is 0 Å². The fourth-order valence-electron chi connectivity index (χ4n) is 2.68. The SMILES string of the molecule is CCOc1cc(C=c2sc(=CC(=O)c3ccc(OC)cc3)[nH]c2=O)ccc1OC. The van der Waals surface area contributed by atoms with Gasteiger partial charge in [0, 0.05) is 11.6 Å². The van der Waals surface area contributed by atoms with Gasteiger partial charge in [0.05, 0.1) is 30.0 Å². The van der Waals surface area contributed by atoms with Crippen molar-refractivity contribution in [1.82, 2.24) is 4.98 Å². The van der Waals surface area contributed by atoms with Gasteiger partial charge in [0.1, 0.15) is 5.75 Å². The quantitative estimate of drug-likeness (QED) is 0.604. The van der Waals surface area contributed by atoms with E-state index in [0.29, 0.717) is 38.6 Å². The Morgan fingerprint density at radius 2 is 1.83 bits per heavy atom. The van der Waals surface area contributed by atoms with E-state index in [2.05, 4.69) is 4.98 Å². The van der Waals surface area contributed by atoms with E-state index in [0.717, 1.165) is 5.56 Å². The first-order chi connectivity index (χ1) is 14.0. The molecule has 0 saturated carbocycles. The summed E-state index contributed by atoms with van der Waals surface area (Å²) in [5.74, 6) is 1.72. The summed E-state index contributed by atoms with van der Waals surface area (Å²) in [4.78, 5) is 27.5. The number of carbonyl (C=O) groups excluding carboxylic acids is 1. The molecule has 1 aromatic heterocycles. The molecule has 0 aliphatic carbocycles. The summed E-state index contributed by atoms with van der Waals surface area (Å²) < 4.78 is 16.9. The Morgan fingerprint density at radius 3 is 2.48 bits per heavy atom. The summed E-state index contributed by atoms with van der Waals surface area (Å²) >= 11 is 1.22. The lowest BCUT2D eigenvalue weighted by molar-refractivity contribution is 0.106. The normalized spacial score (nSPS) is 12.1. The summed E-state index contributed by atoms with van der Waals surface area (Å²) in [5.41, 5.74) is 1.06. The molecule has 6 nitrogen and oxygen atoms in total. The molecule has 0 amide bonds. The Hall–Kier alpha value is -3.32. The zero-order chi connectivity index (χ0) is 20.8. The summed E-state index contributed by atoms with van der Waals surface area (Å²) in [6, 6.07) is 12.2. The van der Waals surface area contributed by atoms with Crippen LogP contribution in [0.25, 0.3) is 12.2 Å². The molecule has 3 rings (SSSR count). The molecule has 0 bridgehead atoms. The smallest absolute Gasteiger partial charge is 0.266 e. The summed E-state index contributed by atoms with van der Waals surface area (Å²) in [6.45, 7) is 2.40. The van der Waals surface area contributed by atoms with Gasteiger partial charge in [0.15, 0.2) is 17.3 Å². The highest BCUT2D eigenvalue weighted by Crippen LogP contribution is 2.28. The molecule has 1 N–H and O–H groups in total. The van der Waals surface area contributed by atoms with Crippen LogP contribution in [0.5, 0.6) is 17.2 Å². The molecular weight excluding hydrogens is 390 g/mol. The van der Waals surface area contributed by atoms with Crippen molar-refractivity contribution in [3.63, 3.8) is 0 Å². The van der Waals surface area contributed by atoms with Crippen molar-refractivity contribution >= 4 is 29.3 Å². The Morgan fingerprint density at radius 1 is 1.07 bits per heavy atom. The highest BCUT2D eigenvalue weighted by molar-refractivity contribution is 7.07. The minimum absolute atomic E-state index is 0.195. The van der Waals surface area contributed by atoms with Crippen LogP contribution >= 0.6 is 11.3 Å². The first-order valence-corrected chi connectivity index (χ1v) is 9.77. The topological polar surface area (TPSA) is 77.6 Å². The van der Waals surface area contributed by atoms with Gasteiger partial charge < -0.3 is 19.2 Å². The maximum Gasteiger partial charge on any atom is 0.266 e. The van der Waals surface area contributed by atoms with Gasteiger partial charge in [-0.05, 0) is 55.0 Å². The highest BCUT2D eigenvalue weighted by atomic mass is 32.1. The molecular formula is C22H21NO5S. The molecule has 0 atom stereocenters. The molecule has 7 heteroatoms. The molecule has 0 aliphatic rings. The zero-order valence-corrected chi connectivity index (χ0v) is 17.2. The van der Waals surface area contributed by atoms with Crippen LogP contribution in [0.1, 0.15) is 22.8 Å². The predicted octanol–water partition coefficient (Wildman–Crippen LogP) is 2.34. The average molecular weight is 411 g/mol. The molecule has 29 heavy (non-hydrogen) atoms. The van der Waals surface area contributed by atoms with E-state index >= 15 is 0 Å². The van der Waals surface area contributed by atoms with Crippen LogP contribution in [0.15, 0.2) is 47.3 Å². The Balaban J connectivity index is 1.93. The lowest BCUT2D eigenvalue weighted by Crippen LogP contribution is -2.20. The molecule has 1 heterocycles. The number of hydrogen-bond acceptors (Lipinski definition) is 6. The number of nitrogens with one attached hydrogen (secondary N) is 1. The number of thiazole rings is 1. The summed E-state index contributed by atoms with van der Waals surface area (Å²) in [7, 11) is 3.14. The number of aromatic nitrogens is 1. The van der Waals surface area contributed by atoms with Gasteiger partial charge in [-0.25, -0.2) is 0 Å². The second kappa shape index (κ2) is 9.25. The van der Waals surface area contributed by atoms with E-state index in [1.54, 1.807) is 50.6 Å². The molecule has 3 aromatic rings. The fraction of sp³-hybridized carbons (Fsp3) is 0.182. The van der Waals surface area contributed by atoms with E-state index in [9.17, 15) is 9.59 Å². The van der Waals surface area contributed by atoms with Crippen molar-refractivity contribution in [2.24, 2.45) is 0 Å². The Kier molecular flexibility index (Phi) is 6.51. The number of ketones is 1. The third kappa shape index (κ3) is 4.94. The zero-order valence-electron chi connectivity index (χ0n) is 16.4. The monoisotopic (exact) mass is 411 g/mol. The summed E-state index contributed by atoms with van der Waals surface area (Å²) in [6.07, 6.45) is 3.17. The molecule has 150 valence electrons. The number of benzene rings is 2. The third-order valence-corrected chi connectivity index (χ3v) is 5.07. The van der Waals surface area contributed by atoms with Crippen molar-refractivity contribution in [2.45, 2.75) is 6.92 Å². The number of ether oxygens (including phenoxy) is 3. The van der Waals surface area contributed by atoms with E-state index in [1.807, 2.05) is 19.1 Å². The standard InChI is InChI=1S/C22H21NO5S/c1-4-28-19-11-14(5-10-18(19)27-3)12-20-22(25)23-21(29-20)13-17(24)15-6-8-16(26-2)9-7-15/h5-13H,4H2,1-3H3,(H,23,25). The minimum Gasteiger partial charge on any atom is -0.497 e. The maximum atomic E-state index is 12.4. The van der Waals surface area contributed by atoms with Crippen molar-refractivity contribution in [3.05, 3.63) is 73.1 Å². The fourth-order valence-corrected chi connectivity index (χ4v) is 3.57. The number of carbonyl (C=O) groups is 1. The number of Topliss-reactive ketones (excluding diaryl/α,β-unsaturated/α-hetero) is 1. The van der Waals surface area contributed by atoms with Crippen molar-refractivity contribution < 1.29 is 19.0 Å². The number of rotatable bonds is 7. The number of H-pyrrole nitrogens is 1. The van der Waals surface area contributed by atoms with Crippen LogP contribution in [0, 0.1) is 0 Å². The highest BCUT2D eigenvalue weighted by Gasteiger charge is 2.06. The molecule has 0 aliphatic heterocycles. The van der Waals surface area contributed by atoms with E-state index < -0.39 is 0 Å². The van der Waals surface area contributed by atoms with Crippen LogP contribution in [0.4, 0.5) is 0 Å². The van der Waals surface area contributed by atoms with E-state index in [-0.39, 0.29) is 11.3 Å². The largest absolute Gasteiger partial charge is 0.497 e. The van der Waals surface area contributed by atoms with Gasteiger partial charge in [0.2, 0.25) is 0 Å².